The number of carbonyl (C=O) groups is 1. The van der Waals surface area contributed by atoms with Crippen molar-refractivity contribution in [2.75, 3.05) is 5.32 Å². The summed E-state index contributed by atoms with van der Waals surface area (Å²) in [7, 11) is 0. The van der Waals surface area contributed by atoms with Crippen molar-refractivity contribution >= 4 is 23.2 Å². The quantitative estimate of drug-likeness (QED) is 0.839. The first-order valence-corrected chi connectivity index (χ1v) is 6.87. The van der Waals surface area contributed by atoms with Gasteiger partial charge in [-0.15, -0.1) is 0 Å². The maximum atomic E-state index is 13.6. The van der Waals surface area contributed by atoms with Crippen molar-refractivity contribution in [3.63, 3.8) is 0 Å². The Morgan fingerprint density at radius 2 is 2.00 bits per heavy atom. The molecule has 1 amide bonds. The largest absolute Gasteiger partial charge is 0.372 e. The van der Waals surface area contributed by atoms with Crippen LogP contribution in [0.2, 0.25) is 5.02 Å². The third-order valence-corrected chi connectivity index (χ3v) is 3.26. The van der Waals surface area contributed by atoms with Crippen LogP contribution in [0, 0.1) is 5.82 Å². The summed E-state index contributed by atoms with van der Waals surface area (Å²) >= 11 is 5.68. The van der Waals surface area contributed by atoms with Gasteiger partial charge in [-0.3, -0.25) is 4.79 Å². The molecule has 0 saturated carbocycles. The second-order valence-corrected chi connectivity index (χ2v) is 4.95. The average Bonchev–Trinajstić information content (AvgIpc) is 2.38. The van der Waals surface area contributed by atoms with E-state index < -0.39 is 11.9 Å². The van der Waals surface area contributed by atoms with Gasteiger partial charge in [-0.25, -0.2) is 4.39 Å². The highest BCUT2D eigenvalue weighted by Gasteiger charge is 2.16. The van der Waals surface area contributed by atoms with Gasteiger partial charge in [0.2, 0.25) is 5.91 Å². The fourth-order valence-electron chi connectivity index (χ4n) is 1.72. The van der Waals surface area contributed by atoms with E-state index in [1.54, 1.807) is 13.0 Å². The number of hydrogen-bond donors (Lipinski definition) is 2. The van der Waals surface area contributed by atoms with Crippen LogP contribution in [-0.4, -0.2) is 18.0 Å². The lowest BCUT2D eigenvalue weighted by molar-refractivity contribution is -0.122. The van der Waals surface area contributed by atoms with Crippen LogP contribution >= 0.6 is 11.6 Å². The molecule has 1 aromatic carbocycles. The molecule has 5 heteroatoms. The zero-order chi connectivity index (χ0) is 14.4. The molecule has 1 atom stereocenters. The van der Waals surface area contributed by atoms with Gasteiger partial charge in [0.1, 0.15) is 11.9 Å². The van der Waals surface area contributed by atoms with Gasteiger partial charge in [0.05, 0.1) is 5.69 Å². The molecular formula is C14H20ClFN2O. The summed E-state index contributed by atoms with van der Waals surface area (Å²) in [5.41, 5.74) is 0.275. The Balaban J connectivity index is 2.63. The van der Waals surface area contributed by atoms with Crippen LogP contribution in [0.3, 0.4) is 0 Å². The smallest absolute Gasteiger partial charge is 0.242 e. The van der Waals surface area contributed by atoms with Gasteiger partial charge in [0.15, 0.2) is 0 Å². The minimum absolute atomic E-state index is 0.136. The maximum Gasteiger partial charge on any atom is 0.242 e. The zero-order valence-electron chi connectivity index (χ0n) is 11.5. The van der Waals surface area contributed by atoms with Crippen molar-refractivity contribution in [2.24, 2.45) is 0 Å². The zero-order valence-corrected chi connectivity index (χ0v) is 12.2. The van der Waals surface area contributed by atoms with E-state index in [0.717, 1.165) is 12.8 Å². The molecule has 0 fully saturated rings. The maximum absolute atomic E-state index is 13.6. The third-order valence-electron chi connectivity index (χ3n) is 3.03. The number of halogens is 2. The Bertz CT molecular complexity index is 435. The highest BCUT2D eigenvalue weighted by atomic mass is 35.5. The van der Waals surface area contributed by atoms with Crippen molar-refractivity contribution < 1.29 is 9.18 Å². The van der Waals surface area contributed by atoms with E-state index in [-0.39, 0.29) is 17.6 Å². The van der Waals surface area contributed by atoms with E-state index in [1.807, 2.05) is 13.8 Å². The minimum atomic E-state index is -0.503. The molecule has 1 rings (SSSR count). The number of rotatable bonds is 6. The predicted octanol–water partition coefficient (Wildman–Crippen LogP) is 3.58. The third kappa shape index (κ3) is 4.71. The standard InChI is InChI=1S/C14H20ClFN2O/c1-4-11(5-2)18-14(19)9(3)17-13-7-6-10(15)8-12(13)16/h6-9,11,17H,4-5H2,1-3H3,(H,18,19). The van der Waals surface area contributed by atoms with E-state index in [0.29, 0.717) is 5.02 Å². The Morgan fingerprint density at radius 1 is 1.37 bits per heavy atom. The second kappa shape index (κ2) is 7.34. The van der Waals surface area contributed by atoms with Crippen LogP contribution in [0.5, 0.6) is 0 Å². The molecule has 0 bridgehead atoms. The molecule has 106 valence electrons. The molecule has 0 aliphatic carbocycles. The lowest BCUT2D eigenvalue weighted by atomic mass is 10.1. The monoisotopic (exact) mass is 286 g/mol. The van der Waals surface area contributed by atoms with Crippen molar-refractivity contribution in [1.29, 1.82) is 0 Å². The van der Waals surface area contributed by atoms with Gasteiger partial charge in [0, 0.05) is 11.1 Å². The summed E-state index contributed by atoms with van der Waals surface area (Å²) in [4.78, 5) is 11.9. The summed E-state index contributed by atoms with van der Waals surface area (Å²) in [6, 6.07) is 3.98. The molecule has 19 heavy (non-hydrogen) atoms. The summed E-state index contributed by atoms with van der Waals surface area (Å²) in [5, 5.41) is 6.09. The summed E-state index contributed by atoms with van der Waals surface area (Å²) in [5.74, 6) is -0.599. The molecule has 1 unspecified atom stereocenters. The van der Waals surface area contributed by atoms with Crippen LogP contribution in [0.1, 0.15) is 33.6 Å². The topological polar surface area (TPSA) is 41.1 Å². The fourth-order valence-corrected chi connectivity index (χ4v) is 1.88. The molecule has 0 spiro atoms. The molecular weight excluding hydrogens is 267 g/mol. The molecule has 2 N–H and O–H groups in total. The molecule has 1 aromatic rings. The van der Waals surface area contributed by atoms with Crippen LogP contribution in [0.4, 0.5) is 10.1 Å². The van der Waals surface area contributed by atoms with Crippen LogP contribution in [0.25, 0.3) is 0 Å². The number of anilines is 1. The Hall–Kier alpha value is -1.29. The van der Waals surface area contributed by atoms with Gasteiger partial charge >= 0.3 is 0 Å². The van der Waals surface area contributed by atoms with Gasteiger partial charge < -0.3 is 10.6 Å². The fraction of sp³-hybridized carbons (Fsp3) is 0.500. The summed E-state index contributed by atoms with van der Waals surface area (Å²) in [6.45, 7) is 5.74. The summed E-state index contributed by atoms with van der Waals surface area (Å²) in [6.07, 6.45) is 1.76. The van der Waals surface area contributed by atoms with E-state index >= 15 is 0 Å². The number of nitrogens with one attached hydrogen (secondary N) is 2. The van der Waals surface area contributed by atoms with Crippen LogP contribution < -0.4 is 10.6 Å². The van der Waals surface area contributed by atoms with Crippen molar-refractivity contribution in [3.8, 4) is 0 Å². The number of carbonyl (C=O) groups excluding carboxylic acids is 1. The highest BCUT2D eigenvalue weighted by molar-refractivity contribution is 6.30. The Labute approximate surface area is 118 Å². The molecule has 0 heterocycles. The van der Waals surface area contributed by atoms with Gasteiger partial charge in [0.25, 0.3) is 0 Å². The van der Waals surface area contributed by atoms with Crippen molar-refractivity contribution in [3.05, 3.63) is 29.0 Å². The SMILES string of the molecule is CCC(CC)NC(=O)C(C)Nc1ccc(Cl)cc1F. The van der Waals surface area contributed by atoms with Crippen LogP contribution in [0.15, 0.2) is 18.2 Å². The molecule has 0 radical (unpaired) electrons. The van der Waals surface area contributed by atoms with Gasteiger partial charge in [-0.1, -0.05) is 25.4 Å². The first kappa shape index (κ1) is 15.8. The lowest BCUT2D eigenvalue weighted by Gasteiger charge is -2.20. The van der Waals surface area contributed by atoms with E-state index in [4.69, 9.17) is 11.6 Å². The van der Waals surface area contributed by atoms with Crippen LogP contribution in [-0.2, 0) is 4.79 Å². The first-order valence-electron chi connectivity index (χ1n) is 6.49. The molecule has 3 nitrogen and oxygen atoms in total. The average molecular weight is 287 g/mol. The normalized spacial score (nSPS) is 12.3. The van der Waals surface area contributed by atoms with E-state index in [9.17, 15) is 9.18 Å². The first-order chi connectivity index (χ1) is 8.97. The highest BCUT2D eigenvalue weighted by Crippen LogP contribution is 2.19. The number of amides is 1. The van der Waals surface area contributed by atoms with E-state index in [1.165, 1.54) is 12.1 Å². The minimum Gasteiger partial charge on any atom is -0.372 e. The number of hydrogen-bond acceptors (Lipinski definition) is 2. The number of benzene rings is 1. The van der Waals surface area contributed by atoms with E-state index in [2.05, 4.69) is 10.6 Å². The van der Waals surface area contributed by atoms with Gasteiger partial charge in [-0.05, 0) is 38.0 Å². The Morgan fingerprint density at radius 3 is 2.53 bits per heavy atom. The molecule has 0 saturated heterocycles. The van der Waals surface area contributed by atoms with Crippen molar-refractivity contribution in [2.45, 2.75) is 45.7 Å². The molecule has 0 aliphatic rings. The molecule has 0 aromatic heterocycles. The van der Waals surface area contributed by atoms with Gasteiger partial charge in [-0.2, -0.15) is 0 Å². The molecule has 0 aliphatic heterocycles. The van der Waals surface area contributed by atoms with Crippen molar-refractivity contribution in [1.82, 2.24) is 5.32 Å². The lowest BCUT2D eigenvalue weighted by Crippen LogP contribution is -2.42. The summed E-state index contributed by atoms with van der Waals surface area (Å²) < 4.78 is 13.6. The second-order valence-electron chi connectivity index (χ2n) is 4.51. The predicted molar refractivity (Wildman–Crippen MR) is 77.0 cm³/mol. The Kier molecular flexibility index (Phi) is 6.09.